The number of carbonyl (C=O) groups is 4. The van der Waals surface area contributed by atoms with Crippen LogP contribution < -0.4 is 5.32 Å². The average Bonchev–Trinajstić information content (AvgIpc) is 2.93. The Hall–Kier alpha value is -3.48. The van der Waals surface area contributed by atoms with Crippen molar-refractivity contribution in [3.63, 3.8) is 0 Å². The molecule has 1 atom stereocenters. The number of aryl methyl sites for hydroxylation is 2. The monoisotopic (exact) mass is 380 g/mol. The minimum absolute atomic E-state index is 0.250. The number of carbonyl (C=O) groups excluding carboxylic acids is 4. The van der Waals surface area contributed by atoms with Gasteiger partial charge in [0.2, 0.25) is 0 Å². The predicted molar refractivity (Wildman–Crippen MR) is 102 cm³/mol. The van der Waals surface area contributed by atoms with E-state index in [1.54, 1.807) is 12.1 Å². The fraction of sp³-hybridized carbons (Fsp3) is 0.238. The Bertz CT molecular complexity index is 927. The Labute approximate surface area is 162 Å². The molecule has 0 saturated heterocycles. The highest BCUT2D eigenvalue weighted by Crippen LogP contribution is 2.25. The molecule has 28 heavy (non-hydrogen) atoms. The smallest absolute Gasteiger partial charge is 0.329 e. The summed E-state index contributed by atoms with van der Waals surface area (Å²) in [5.74, 6) is -2.43. The van der Waals surface area contributed by atoms with Crippen LogP contribution in [0.2, 0.25) is 0 Å². The van der Waals surface area contributed by atoms with Crippen LogP contribution in [0.1, 0.15) is 38.8 Å². The zero-order chi connectivity index (χ0) is 20.4. The molecule has 1 aliphatic heterocycles. The van der Waals surface area contributed by atoms with Crippen molar-refractivity contribution < 1.29 is 23.9 Å². The second-order valence-corrected chi connectivity index (χ2v) is 6.62. The Morgan fingerprint density at radius 1 is 0.964 bits per heavy atom. The summed E-state index contributed by atoms with van der Waals surface area (Å²) < 4.78 is 5.03. The summed E-state index contributed by atoms with van der Waals surface area (Å²) in [6, 6.07) is 10.8. The van der Waals surface area contributed by atoms with Gasteiger partial charge in [-0.2, -0.15) is 0 Å². The Morgan fingerprint density at radius 3 is 2.04 bits per heavy atom. The van der Waals surface area contributed by atoms with E-state index in [1.165, 1.54) is 19.1 Å². The fourth-order valence-corrected chi connectivity index (χ4v) is 3.11. The molecule has 0 aliphatic carbocycles. The van der Waals surface area contributed by atoms with Gasteiger partial charge in [0.05, 0.1) is 11.1 Å². The first kappa shape index (κ1) is 19.3. The lowest BCUT2D eigenvalue weighted by molar-refractivity contribution is -0.150. The lowest BCUT2D eigenvalue weighted by Gasteiger charge is -2.21. The van der Waals surface area contributed by atoms with E-state index >= 15 is 0 Å². The highest BCUT2D eigenvalue weighted by molar-refractivity contribution is 6.22. The fourth-order valence-electron chi connectivity index (χ4n) is 3.11. The zero-order valence-corrected chi connectivity index (χ0v) is 15.8. The minimum atomic E-state index is -1.14. The second kappa shape index (κ2) is 7.64. The summed E-state index contributed by atoms with van der Waals surface area (Å²) in [6.07, 6.45) is 0. The van der Waals surface area contributed by atoms with Crippen LogP contribution in [-0.2, 0) is 14.3 Å². The van der Waals surface area contributed by atoms with Crippen molar-refractivity contribution in [2.45, 2.75) is 26.8 Å². The van der Waals surface area contributed by atoms with Crippen molar-refractivity contribution in [3.05, 3.63) is 64.7 Å². The van der Waals surface area contributed by atoms with Gasteiger partial charge >= 0.3 is 5.97 Å². The first-order chi connectivity index (χ1) is 13.3. The summed E-state index contributed by atoms with van der Waals surface area (Å²) in [6.45, 7) is 4.60. The van der Waals surface area contributed by atoms with Gasteiger partial charge in [-0.1, -0.05) is 30.3 Å². The van der Waals surface area contributed by atoms with Crippen LogP contribution in [0.4, 0.5) is 5.69 Å². The summed E-state index contributed by atoms with van der Waals surface area (Å²) in [4.78, 5) is 50.2. The van der Waals surface area contributed by atoms with Gasteiger partial charge in [0.1, 0.15) is 6.04 Å². The predicted octanol–water partition coefficient (Wildman–Crippen LogP) is 2.47. The molecule has 1 N–H and O–H groups in total. The maximum atomic E-state index is 12.4. The number of imide groups is 1. The molecule has 7 heteroatoms. The van der Waals surface area contributed by atoms with E-state index < -0.39 is 36.3 Å². The molecule has 2 aromatic carbocycles. The maximum Gasteiger partial charge on any atom is 0.329 e. The number of hydrogen-bond acceptors (Lipinski definition) is 5. The zero-order valence-electron chi connectivity index (χ0n) is 15.8. The van der Waals surface area contributed by atoms with Crippen LogP contribution in [0.15, 0.2) is 42.5 Å². The molecule has 0 fully saturated rings. The van der Waals surface area contributed by atoms with Crippen molar-refractivity contribution in [1.82, 2.24) is 4.90 Å². The third-order valence-electron chi connectivity index (χ3n) is 4.64. The van der Waals surface area contributed by atoms with Crippen LogP contribution >= 0.6 is 0 Å². The van der Waals surface area contributed by atoms with Crippen LogP contribution in [0.5, 0.6) is 0 Å². The Morgan fingerprint density at radius 2 is 1.50 bits per heavy atom. The molecule has 0 saturated carbocycles. The number of amides is 3. The minimum Gasteiger partial charge on any atom is -0.454 e. The van der Waals surface area contributed by atoms with Gasteiger partial charge in [-0.25, -0.2) is 4.79 Å². The van der Waals surface area contributed by atoms with Gasteiger partial charge in [-0.05, 0) is 44.0 Å². The van der Waals surface area contributed by atoms with E-state index in [0.717, 1.165) is 16.0 Å². The Balaban J connectivity index is 1.62. The van der Waals surface area contributed by atoms with Crippen LogP contribution in [0.3, 0.4) is 0 Å². The molecule has 0 aromatic heterocycles. The maximum absolute atomic E-state index is 12.4. The van der Waals surface area contributed by atoms with Crippen molar-refractivity contribution in [3.8, 4) is 0 Å². The first-order valence-corrected chi connectivity index (χ1v) is 8.81. The van der Waals surface area contributed by atoms with Gasteiger partial charge in [0.15, 0.2) is 6.61 Å². The number of nitrogens with one attached hydrogen (secondary N) is 1. The van der Waals surface area contributed by atoms with Crippen molar-refractivity contribution >= 4 is 29.4 Å². The molecular formula is C21H20N2O5. The van der Waals surface area contributed by atoms with Gasteiger partial charge in [-0.3, -0.25) is 19.3 Å². The molecule has 0 radical (unpaired) electrons. The lowest BCUT2D eigenvalue weighted by atomic mass is 10.1. The molecule has 3 amide bonds. The number of hydrogen-bond donors (Lipinski definition) is 1. The van der Waals surface area contributed by atoms with E-state index in [0.29, 0.717) is 5.69 Å². The van der Waals surface area contributed by atoms with Gasteiger partial charge in [-0.15, -0.1) is 0 Å². The number of rotatable bonds is 5. The van der Waals surface area contributed by atoms with E-state index in [9.17, 15) is 19.2 Å². The second-order valence-electron chi connectivity index (χ2n) is 6.62. The van der Waals surface area contributed by atoms with Crippen LogP contribution in [0, 0.1) is 13.8 Å². The van der Waals surface area contributed by atoms with Crippen molar-refractivity contribution in [2.24, 2.45) is 0 Å². The van der Waals surface area contributed by atoms with Gasteiger partial charge in [0.25, 0.3) is 17.7 Å². The molecule has 0 spiro atoms. The van der Waals surface area contributed by atoms with Crippen molar-refractivity contribution in [2.75, 3.05) is 11.9 Å². The Kier molecular flexibility index (Phi) is 5.26. The van der Waals surface area contributed by atoms with Gasteiger partial charge < -0.3 is 10.1 Å². The van der Waals surface area contributed by atoms with Crippen LogP contribution in [0.25, 0.3) is 0 Å². The van der Waals surface area contributed by atoms with E-state index in [-0.39, 0.29) is 11.1 Å². The highest BCUT2D eigenvalue weighted by atomic mass is 16.5. The summed E-state index contributed by atoms with van der Waals surface area (Å²) >= 11 is 0. The standard InChI is InChI=1S/C21H20N2O5/c1-12-7-6-8-13(2)18(12)22-17(24)11-28-21(27)14(3)23-19(25)15-9-4-5-10-16(15)20(23)26/h4-10,14H,11H2,1-3H3,(H,22,24). The number of ether oxygens (including phenoxy) is 1. The number of anilines is 1. The third kappa shape index (κ3) is 3.51. The topological polar surface area (TPSA) is 92.8 Å². The van der Waals surface area contributed by atoms with Crippen molar-refractivity contribution in [1.29, 1.82) is 0 Å². The van der Waals surface area contributed by atoms with E-state index in [1.807, 2.05) is 32.0 Å². The number of benzene rings is 2. The largest absolute Gasteiger partial charge is 0.454 e. The molecule has 1 unspecified atom stereocenters. The van der Waals surface area contributed by atoms with Gasteiger partial charge in [0, 0.05) is 5.69 Å². The summed E-state index contributed by atoms with van der Waals surface area (Å²) in [7, 11) is 0. The molecule has 7 nitrogen and oxygen atoms in total. The quantitative estimate of drug-likeness (QED) is 0.635. The average molecular weight is 380 g/mol. The number of esters is 1. The van der Waals surface area contributed by atoms with E-state index in [4.69, 9.17) is 4.74 Å². The van der Waals surface area contributed by atoms with E-state index in [2.05, 4.69) is 5.32 Å². The number of para-hydroxylation sites is 1. The van der Waals surface area contributed by atoms with Crippen LogP contribution in [-0.4, -0.2) is 41.2 Å². The summed E-state index contributed by atoms with van der Waals surface area (Å²) in [5, 5.41) is 2.71. The first-order valence-electron chi connectivity index (χ1n) is 8.81. The number of nitrogens with zero attached hydrogens (tertiary/aromatic N) is 1. The molecule has 0 bridgehead atoms. The SMILES string of the molecule is Cc1cccc(C)c1NC(=O)COC(=O)C(C)N1C(=O)c2ccccc2C1=O. The molecule has 2 aromatic rings. The third-order valence-corrected chi connectivity index (χ3v) is 4.64. The molecule has 1 aliphatic rings. The molecule has 3 rings (SSSR count). The highest BCUT2D eigenvalue weighted by Gasteiger charge is 2.41. The molecule has 1 heterocycles. The number of fused-ring (bicyclic) bond motifs is 1. The molecule has 144 valence electrons. The lowest BCUT2D eigenvalue weighted by Crippen LogP contribution is -2.44. The normalized spacial score (nSPS) is 13.9. The summed E-state index contributed by atoms with van der Waals surface area (Å²) in [5.41, 5.74) is 2.94. The molecular weight excluding hydrogens is 360 g/mol.